The molecule has 5 nitrogen and oxygen atoms in total. The number of rotatable bonds is 3. The van der Waals surface area contributed by atoms with Gasteiger partial charge in [-0.1, -0.05) is 31.9 Å². The molecule has 1 saturated carbocycles. The molecule has 0 saturated heterocycles. The number of urea groups is 1. The van der Waals surface area contributed by atoms with Crippen molar-refractivity contribution < 1.29 is 14.7 Å². The minimum Gasteiger partial charge on any atom is -0.480 e. The Labute approximate surface area is 137 Å². The van der Waals surface area contributed by atoms with E-state index in [4.69, 9.17) is 0 Å². The third kappa shape index (κ3) is 3.87. The smallest absolute Gasteiger partial charge is 0.329 e. The average Bonchev–Trinajstić information content (AvgIpc) is 2.41. The van der Waals surface area contributed by atoms with E-state index in [1.54, 1.807) is 6.07 Å². The van der Waals surface area contributed by atoms with Gasteiger partial charge in [0.1, 0.15) is 5.54 Å². The van der Waals surface area contributed by atoms with Crippen LogP contribution >= 0.6 is 22.6 Å². The van der Waals surface area contributed by atoms with Gasteiger partial charge in [-0.2, -0.15) is 0 Å². The number of anilines is 1. The van der Waals surface area contributed by atoms with Crippen molar-refractivity contribution in [3.05, 3.63) is 27.8 Å². The largest absolute Gasteiger partial charge is 0.480 e. The summed E-state index contributed by atoms with van der Waals surface area (Å²) >= 11 is 2.13. The van der Waals surface area contributed by atoms with E-state index < -0.39 is 17.5 Å². The second-order valence-corrected chi connectivity index (χ2v) is 6.81. The Morgan fingerprint density at radius 1 is 1.38 bits per heavy atom. The first-order chi connectivity index (χ1) is 9.93. The molecular formula is C15H19IN2O3. The molecule has 1 aliphatic carbocycles. The fraction of sp³-hybridized carbons (Fsp3) is 0.467. The summed E-state index contributed by atoms with van der Waals surface area (Å²) in [6, 6.07) is 6.92. The van der Waals surface area contributed by atoms with Crippen LogP contribution in [0.3, 0.4) is 0 Å². The van der Waals surface area contributed by atoms with E-state index in [0.717, 1.165) is 16.4 Å². The molecule has 2 amide bonds. The maximum absolute atomic E-state index is 12.2. The van der Waals surface area contributed by atoms with Gasteiger partial charge in [-0.05, 0) is 53.5 Å². The van der Waals surface area contributed by atoms with Crippen LogP contribution in [0.1, 0.15) is 32.6 Å². The lowest BCUT2D eigenvalue weighted by Crippen LogP contribution is -2.57. The molecule has 1 fully saturated rings. The summed E-state index contributed by atoms with van der Waals surface area (Å²) in [5.74, 6) is -0.654. The fourth-order valence-corrected chi connectivity index (χ4v) is 3.37. The molecule has 0 radical (unpaired) electrons. The van der Waals surface area contributed by atoms with Gasteiger partial charge in [0.2, 0.25) is 0 Å². The van der Waals surface area contributed by atoms with Gasteiger partial charge in [0, 0.05) is 3.57 Å². The van der Waals surface area contributed by atoms with Gasteiger partial charge in [-0.3, -0.25) is 0 Å². The average molecular weight is 402 g/mol. The second kappa shape index (κ2) is 6.64. The lowest BCUT2D eigenvalue weighted by Gasteiger charge is -2.37. The molecule has 1 aliphatic rings. The molecule has 1 aromatic carbocycles. The van der Waals surface area contributed by atoms with Crippen LogP contribution in [0.4, 0.5) is 10.5 Å². The quantitative estimate of drug-likeness (QED) is 0.678. The van der Waals surface area contributed by atoms with Crippen LogP contribution in [-0.4, -0.2) is 22.6 Å². The van der Waals surface area contributed by atoms with Crippen molar-refractivity contribution >= 4 is 40.3 Å². The SMILES string of the molecule is CC1CCCC(NC(=O)Nc2ccccc2I)(C(=O)O)C1. The highest BCUT2D eigenvalue weighted by molar-refractivity contribution is 14.1. The zero-order chi connectivity index (χ0) is 15.5. The number of benzene rings is 1. The minimum absolute atomic E-state index is 0.298. The van der Waals surface area contributed by atoms with Gasteiger partial charge < -0.3 is 15.7 Å². The first kappa shape index (κ1) is 16.1. The number of carbonyl (C=O) groups is 2. The Morgan fingerprint density at radius 3 is 2.71 bits per heavy atom. The number of amides is 2. The van der Waals surface area contributed by atoms with Crippen molar-refractivity contribution in [3.8, 4) is 0 Å². The lowest BCUT2D eigenvalue weighted by atomic mass is 9.76. The topological polar surface area (TPSA) is 78.4 Å². The first-order valence-electron chi connectivity index (χ1n) is 7.00. The second-order valence-electron chi connectivity index (χ2n) is 5.65. The van der Waals surface area contributed by atoms with Crippen LogP contribution in [0.5, 0.6) is 0 Å². The van der Waals surface area contributed by atoms with E-state index in [9.17, 15) is 14.7 Å². The normalized spacial score (nSPS) is 25.1. The Hall–Kier alpha value is -1.31. The number of halogens is 1. The molecule has 3 N–H and O–H groups in total. The Balaban J connectivity index is 2.09. The van der Waals surface area contributed by atoms with Crippen molar-refractivity contribution in [3.63, 3.8) is 0 Å². The molecule has 0 heterocycles. The predicted molar refractivity (Wildman–Crippen MR) is 89.3 cm³/mol. The Morgan fingerprint density at radius 2 is 2.10 bits per heavy atom. The van der Waals surface area contributed by atoms with Gasteiger partial charge in [0.15, 0.2) is 0 Å². The van der Waals surface area contributed by atoms with Gasteiger partial charge >= 0.3 is 12.0 Å². The summed E-state index contributed by atoms with van der Waals surface area (Å²) < 4.78 is 0.909. The molecule has 0 bridgehead atoms. The van der Waals surface area contributed by atoms with Gasteiger partial charge in [-0.15, -0.1) is 0 Å². The van der Waals surface area contributed by atoms with Crippen molar-refractivity contribution in [1.82, 2.24) is 5.32 Å². The van der Waals surface area contributed by atoms with Crippen LogP contribution in [-0.2, 0) is 4.79 Å². The maximum atomic E-state index is 12.2. The highest BCUT2D eigenvalue weighted by Gasteiger charge is 2.43. The van der Waals surface area contributed by atoms with Gasteiger partial charge in [-0.25, -0.2) is 9.59 Å². The maximum Gasteiger partial charge on any atom is 0.329 e. The monoisotopic (exact) mass is 402 g/mol. The molecule has 1 aromatic rings. The van der Waals surface area contributed by atoms with Crippen LogP contribution in [0.25, 0.3) is 0 Å². The summed E-state index contributed by atoms with van der Waals surface area (Å²) in [7, 11) is 0. The summed E-state index contributed by atoms with van der Waals surface area (Å²) in [5.41, 5.74) is -0.470. The Kier molecular flexibility index (Phi) is 5.08. The number of aliphatic carboxylic acids is 1. The van der Waals surface area contributed by atoms with E-state index in [1.807, 2.05) is 25.1 Å². The van der Waals surface area contributed by atoms with Crippen molar-refractivity contribution in [1.29, 1.82) is 0 Å². The van der Waals surface area contributed by atoms with E-state index in [-0.39, 0.29) is 0 Å². The number of carbonyl (C=O) groups excluding carboxylic acids is 1. The zero-order valence-electron chi connectivity index (χ0n) is 11.9. The molecule has 2 atom stereocenters. The van der Waals surface area contributed by atoms with E-state index >= 15 is 0 Å². The molecule has 2 unspecified atom stereocenters. The van der Waals surface area contributed by atoms with Gasteiger partial charge in [0.25, 0.3) is 0 Å². The molecule has 0 aromatic heterocycles. The molecule has 0 aliphatic heterocycles. The van der Waals surface area contributed by atoms with Gasteiger partial charge in [0.05, 0.1) is 5.69 Å². The minimum atomic E-state index is -1.15. The number of hydrogen-bond acceptors (Lipinski definition) is 2. The molecule has 0 spiro atoms. The summed E-state index contributed by atoms with van der Waals surface area (Å²) in [5, 5.41) is 14.9. The lowest BCUT2D eigenvalue weighted by molar-refractivity contribution is -0.146. The zero-order valence-corrected chi connectivity index (χ0v) is 14.0. The van der Waals surface area contributed by atoms with Crippen LogP contribution in [0, 0.1) is 9.49 Å². The number of hydrogen-bond donors (Lipinski definition) is 3. The fourth-order valence-electron chi connectivity index (χ4n) is 2.85. The van der Waals surface area contributed by atoms with Crippen LogP contribution < -0.4 is 10.6 Å². The van der Waals surface area contributed by atoms with Crippen LogP contribution in [0.15, 0.2) is 24.3 Å². The highest BCUT2D eigenvalue weighted by atomic mass is 127. The number of nitrogens with one attached hydrogen (secondary N) is 2. The number of carboxylic acids is 1. The summed E-state index contributed by atoms with van der Waals surface area (Å²) in [6.45, 7) is 2.02. The molecular weight excluding hydrogens is 383 g/mol. The molecule has 6 heteroatoms. The third-order valence-corrected chi connectivity index (χ3v) is 4.82. The van der Waals surface area contributed by atoms with E-state index in [0.29, 0.717) is 24.4 Å². The number of carboxylic acid groups (broad SMARTS) is 1. The predicted octanol–water partition coefficient (Wildman–Crippen LogP) is 3.45. The summed E-state index contributed by atoms with van der Waals surface area (Å²) in [4.78, 5) is 23.8. The molecule has 114 valence electrons. The number of para-hydroxylation sites is 1. The summed E-state index contributed by atoms with van der Waals surface area (Å²) in [6.07, 6.45) is 2.78. The molecule has 21 heavy (non-hydrogen) atoms. The first-order valence-corrected chi connectivity index (χ1v) is 8.08. The van der Waals surface area contributed by atoms with Crippen molar-refractivity contribution in [2.45, 2.75) is 38.1 Å². The van der Waals surface area contributed by atoms with Crippen molar-refractivity contribution in [2.24, 2.45) is 5.92 Å². The van der Waals surface area contributed by atoms with Crippen LogP contribution in [0.2, 0.25) is 0 Å². The standard InChI is InChI=1S/C15H19IN2O3/c1-10-5-4-8-15(9-10,13(19)20)18-14(21)17-12-7-3-2-6-11(12)16/h2-3,6-7,10H,4-5,8-9H2,1H3,(H,19,20)(H2,17,18,21). The van der Waals surface area contributed by atoms with Crippen molar-refractivity contribution in [2.75, 3.05) is 5.32 Å². The molecule has 2 rings (SSSR count). The third-order valence-electron chi connectivity index (χ3n) is 3.88. The van der Waals surface area contributed by atoms with E-state index in [2.05, 4.69) is 33.2 Å². The Bertz CT molecular complexity index is 549. The highest BCUT2D eigenvalue weighted by Crippen LogP contribution is 2.32. The van der Waals surface area contributed by atoms with E-state index in [1.165, 1.54) is 0 Å².